The van der Waals surface area contributed by atoms with E-state index in [2.05, 4.69) is 21.3 Å². The van der Waals surface area contributed by atoms with Gasteiger partial charge in [-0.05, 0) is 111 Å². The fraction of sp³-hybridized carbons (Fsp3) is 0.0833. The van der Waals surface area contributed by atoms with Crippen molar-refractivity contribution in [2.45, 2.75) is 23.6 Å². The molecular formula is C48H46N8O10S2. The third-order valence-corrected chi connectivity index (χ3v) is 11.2. The number of hydrogen-bond acceptors (Lipinski definition) is 12. The van der Waals surface area contributed by atoms with Crippen LogP contribution in [0, 0.1) is 13.8 Å². The molecule has 0 radical (unpaired) electrons. The first-order valence-electron chi connectivity index (χ1n) is 20.2. The van der Waals surface area contributed by atoms with E-state index in [1.807, 2.05) is 61.6 Å². The zero-order valence-corrected chi connectivity index (χ0v) is 38.6. The van der Waals surface area contributed by atoms with E-state index in [1.165, 1.54) is 72.8 Å². The average molecular weight is 959 g/mol. The lowest BCUT2D eigenvalue weighted by Crippen LogP contribution is -2.27. The van der Waals surface area contributed by atoms with Gasteiger partial charge in [-0.3, -0.25) is 19.2 Å². The largest absolute Gasteiger partial charge is 0.744 e. The zero-order chi connectivity index (χ0) is 49.8. The number of nitrogens with one attached hydrogen (secondary N) is 4. The van der Waals surface area contributed by atoms with Gasteiger partial charge in [0.2, 0.25) is 0 Å². The number of amides is 4. The summed E-state index contributed by atoms with van der Waals surface area (Å²) < 4.78 is 65.9. The summed E-state index contributed by atoms with van der Waals surface area (Å²) in [4.78, 5) is 50.8. The minimum Gasteiger partial charge on any atom is -0.744 e. The Labute approximate surface area is 392 Å². The molecule has 7 aromatic rings. The number of anilines is 6. The van der Waals surface area contributed by atoms with Crippen LogP contribution in [0.15, 0.2) is 168 Å². The van der Waals surface area contributed by atoms with Gasteiger partial charge >= 0.3 is 0 Å². The minimum absolute atomic E-state index is 0.178. The Morgan fingerprint density at radius 1 is 0.456 bits per heavy atom. The van der Waals surface area contributed by atoms with E-state index in [0.29, 0.717) is 33.9 Å². The number of nitrogen functional groups attached to an aromatic ring is 2. The van der Waals surface area contributed by atoms with E-state index in [9.17, 15) is 45.1 Å². The van der Waals surface area contributed by atoms with Gasteiger partial charge in [-0.15, -0.1) is 0 Å². The quantitative estimate of drug-likeness (QED) is 0.0578. The molecule has 0 fully saturated rings. The van der Waals surface area contributed by atoms with Crippen LogP contribution >= 0.6 is 0 Å². The van der Waals surface area contributed by atoms with E-state index in [4.69, 9.17) is 11.5 Å². The van der Waals surface area contributed by atoms with Gasteiger partial charge in [0.25, 0.3) is 23.6 Å². The Morgan fingerprint density at radius 2 is 0.779 bits per heavy atom. The van der Waals surface area contributed by atoms with Crippen LogP contribution in [0.4, 0.5) is 34.1 Å². The second-order valence-electron chi connectivity index (χ2n) is 15.0. The first kappa shape index (κ1) is 50.7. The summed E-state index contributed by atoms with van der Waals surface area (Å²) in [5.74, 6) is -1.61. The lowest BCUT2D eigenvalue weighted by molar-refractivity contribution is -0.670. The predicted octanol–water partition coefficient (Wildman–Crippen LogP) is 5.31. The summed E-state index contributed by atoms with van der Waals surface area (Å²) in [6.07, 6.45) is 7.22. The van der Waals surface area contributed by atoms with Gasteiger partial charge in [-0.25, -0.2) is 26.0 Å². The van der Waals surface area contributed by atoms with Gasteiger partial charge < -0.3 is 41.8 Å². The third-order valence-electron chi connectivity index (χ3n) is 9.53. The maximum absolute atomic E-state index is 12.9. The Kier molecular flexibility index (Phi) is 16.6. The number of carbonyl (C=O) groups excluding carboxylic acids is 4. The number of nitrogens with two attached hydrogens (primary N) is 2. The monoisotopic (exact) mass is 958 g/mol. The molecule has 0 aliphatic heterocycles. The Hall–Kier alpha value is -8.30. The summed E-state index contributed by atoms with van der Waals surface area (Å²) >= 11 is 0. The maximum atomic E-state index is 12.9. The van der Waals surface area contributed by atoms with Gasteiger partial charge in [-0.1, -0.05) is 35.4 Å². The zero-order valence-electron chi connectivity index (χ0n) is 37.0. The SMILES string of the molecule is C[n+]1cccc(NC(=O)c2ccc(NC(=O)c3ccc(C(=O)Nc4ccc(C(=O)Nc5ccc[n+](C)c5)c(N)c4)cc3)cc2N)c1.Cc1ccc(S(=O)(=O)[O-])cc1.Cc1ccc(S(=O)(=O)[O-])cc1. The number of aromatic nitrogens is 2. The van der Waals surface area contributed by atoms with E-state index >= 15 is 0 Å². The van der Waals surface area contributed by atoms with Crippen molar-refractivity contribution in [1.82, 2.24) is 0 Å². The third kappa shape index (κ3) is 14.9. The Balaban J connectivity index is 0.000000319. The fourth-order valence-corrected chi connectivity index (χ4v) is 6.94. The van der Waals surface area contributed by atoms with Gasteiger partial charge in [0.1, 0.15) is 45.7 Å². The predicted molar refractivity (Wildman–Crippen MR) is 253 cm³/mol. The van der Waals surface area contributed by atoms with Gasteiger partial charge in [0, 0.05) is 46.0 Å². The van der Waals surface area contributed by atoms with Crippen molar-refractivity contribution in [3.05, 3.63) is 192 Å². The number of carbonyl (C=O) groups is 4. The summed E-state index contributed by atoms with van der Waals surface area (Å²) in [6, 6.07) is 34.0. The lowest BCUT2D eigenvalue weighted by atomic mass is 10.1. The molecule has 0 spiro atoms. The molecule has 7 rings (SSSR count). The summed E-state index contributed by atoms with van der Waals surface area (Å²) in [5.41, 5.74) is 17.7. The molecule has 8 N–H and O–H groups in total. The maximum Gasteiger partial charge on any atom is 0.257 e. The molecule has 350 valence electrons. The topological polar surface area (TPSA) is 291 Å². The highest BCUT2D eigenvalue weighted by atomic mass is 32.2. The number of rotatable bonds is 10. The molecule has 5 aromatic carbocycles. The van der Waals surface area contributed by atoms with Crippen LogP contribution in [0.3, 0.4) is 0 Å². The first-order valence-corrected chi connectivity index (χ1v) is 23.0. The molecule has 0 aliphatic rings. The molecule has 4 amide bonds. The molecule has 0 saturated carbocycles. The van der Waals surface area contributed by atoms with Crippen molar-refractivity contribution >= 4 is 78.0 Å². The fourth-order valence-electron chi connectivity index (χ4n) is 6.00. The Morgan fingerprint density at radius 3 is 1.07 bits per heavy atom. The number of nitrogens with zero attached hydrogens (tertiary/aromatic N) is 2. The highest BCUT2D eigenvalue weighted by Crippen LogP contribution is 2.22. The average Bonchev–Trinajstić information content (AvgIpc) is 3.26. The van der Waals surface area contributed by atoms with Crippen molar-refractivity contribution in [3.8, 4) is 0 Å². The van der Waals surface area contributed by atoms with E-state index in [1.54, 1.807) is 60.9 Å². The van der Waals surface area contributed by atoms with Gasteiger partial charge in [-0.2, -0.15) is 0 Å². The van der Waals surface area contributed by atoms with Crippen molar-refractivity contribution in [3.63, 3.8) is 0 Å². The van der Waals surface area contributed by atoms with Crippen LogP contribution < -0.4 is 41.9 Å². The molecule has 68 heavy (non-hydrogen) atoms. The molecule has 0 unspecified atom stereocenters. The van der Waals surface area contributed by atoms with Crippen LogP contribution in [0.25, 0.3) is 0 Å². The molecule has 0 saturated heterocycles. The van der Waals surface area contributed by atoms with Crippen LogP contribution in [0.5, 0.6) is 0 Å². The molecule has 0 atom stereocenters. The van der Waals surface area contributed by atoms with Crippen LogP contribution in [-0.2, 0) is 34.3 Å². The second-order valence-corrected chi connectivity index (χ2v) is 17.8. The smallest absolute Gasteiger partial charge is 0.257 e. The second kappa shape index (κ2) is 22.3. The van der Waals surface area contributed by atoms with Gasteiger partial charge in [0.15, 0.2) is 24.8 Å². The summed E-state index contributed by atoms with van der Waals surface area (Å²) in [6.45, 7) is 3.64. The molecular weight excluding hydrogens is 913 g/mol. The highest BCUT2D eigenvalue weighted by molar-refractivity contribution is 7.86. The van der Waals surface area contributed by atoms with Crippen LogP contribution in [0.1, 0.15) is 52.6 Å². The number of hydrogen-bond donors (Lipinski definition) is 6. The number of aryl methyl sites for hydroxylation is 4. The van der Waals surface area contributed by atoms with Crippen molar-refractivity contribution in [2.24, 2.45) is 14.1 Å². The first-order chi connectivity index (χ1) is 32.0. The lowest BCUT2D eigenvalue weighted by Gasteiger charge is -2.11. The molecule has 2 heterocycles. The highest BCUT2D eigenvalue weighted by Gasteiger charge is 2.16. The number of pyridine rings is 2. The van der Waals surface area contributed by atoms with Crippen LogP contribution in [-0.4, -0.2) is 49.6 Å². The standard InChI is InChI=1S/C34H30N8O4.2C7H8O3S/c1-41-15-3-5-25(19-41)39-33(45)27-13-11-23(17-29(27)35)37-31(43)21-7-9-22(10-8-21)32(44)38-24-12-14-28(30(36)18-24)34(46)40-26-6-4-16-42(2)20-26;2*1-6-2-4-7(5-3-6)11(8,9)10/h3-20H,1-2H3,(H6-2,35,36,37,38,39,40,43,44,45,46);2*2-5H,1H3,(H,8,9,10). The molecule has 20 heteroatoms. The Bertz CT molecular complexity index is 2990. The number of benzene rings is 5. The van der Waals surface area contributed by atoms with Crippen molar-refractivity contribution in [2.75, 3.05) is 32.7 Å². The van der Waals surface area contributed by atoms with E-state index in [-0.39, 0.29) is 44.1 Å². The molecule has 18 nitrogen and oxygen atoms in total. The molecule has 0 aliphatic carbocycles. The van der Waals surface area contributed by atoms with Crippen LogP contribution in [0.2, 0.25) is 0 Å². The van der Waals surface area contributed by atoms with Crippen molar-refractivity contribution in [1.29, 1.82) is 0 Å². The summed E-state index contributed by atoms with van der Waals surface area (Å²) in [5, 5.41) is 11.1. The minimum atomic E-state index is -4.27. The summed E-state index contributed by atoms with van der Waals surface area (Å²) in [7, 11) is -4.85. The normalized spacial score (nSPS) is 10.8. The van der Waals surface area contributed by atoms with E-state index < -0.39 is 32.1 Å². The molecule has 2 aromatic heterocycles. The van der Waals surface area contributed by atoms with E-state index in [0.717, 1.165) is 11.1 Å². The van der Waals surface area contributed by atoms with Gasteiger partial charge in [0.05, 0.1) is 20.9 Å². The van der Waals surface area contributed by atoms with Crippen molar-refractivity contribution < 1.29 is 54.3 Å². The molecule has 0 bridgehead atoms.